The van der Waals surface area contributed by atoms with E-state index in [2.05, 4.69) is 0 Å². The van der Waals surface area contributed by atoms with E-state index >= 15 is 0 Å². The number of carbonyl (C=O) groups excluding carboxylic acids is 1. The highest BCUT2D eigenvalue weighted by Crippen LogP contribution is 2.27. The third-order valence-electron chi connectivity index (χ3n) is 2.83. The van der Waals surface area contributed by atoms with Gasteiger partial charge in [-0.25, -0.2) is 0 Å². The zero-order valence-corrected chi connectivity index (χ0v) is 12.2. The summed E-state index contributed by atoms with van der Waals surface area (Å²) in [6.07, 6.45) is 0. The van der Waals surface area contributed by atoms with Crippen LogP contribution in [0.5, 0.6) is 0 Å². The second kappa shape index (κ2) is 6.78. The van der Waals surface area contributed by atoms with E-state index in [1.54, 1.807) is 32.0 Å². The Morgan fingerprint density at radius 1 is 1.32 bits per heavy atom. The van der Waals surface area contributed by atoms with E-state index in [0.717, 1.165) is 0 Å². The molecule has 1 aromatic rings. The van der Waals surface area contributed by atoms with Crippen LogP contribution in [0.2, 0.25) is 10.0 Å². The summed E-state index contributed by atoms with van der Waals surface area (Å²) in [7, 11) is 0. The minimum atomic E-state index is -1.03. The Labute approximate surface area is 121 Å². The van der Waals surface area contributed by atoms with Crippen LogP contribution in [-0.4, -0.2) is 35.0 Å². The fraction of sp³-hybridized carbons (Fsp3) is 0.385. The quantitative estimate of drug-likeness (QED) is 0.909. The normalized spacial score (nSPS) is 12.0. The van der Waals surface area contributed by atoms with Crippen LogP contribution in [0, 0.1) is 0 Å². The average molecular weight is 304 g/mol. The molecule has 1 amide bonds. The van der Waals surface area contributed by atoms with Gasteiger partial charge < -0.3 is 10.0 Å². The molecule has 0 saturated carbocycles. The van der Waals surface area contributed by atoms with Crippen molar-refractivity contribution < 1.29 is 14.7 Å². The summed E-state index contributed by atoms with van der Waals surface area (Å²) >= 11 is 11.7. The summed E-state index contributed by atoms with van der Waals surface area (Å²) in [4.78, 5) is 24.2. The van der Waals surface area contributed by atoms with Crippen molar-refractivity contribution in [3.63, 3.8) is 0 Å². The first-order valence-corrected chi connectivity index (χ1v) is 6.58. The van der Waals surface area contributed by atoms with Gasteiger partial charge in [-0.15, -0.1) is 0 Å². The van der Waals surface area contributed by atoms with Crippen molar-refractivity contribution in [3.05, 3.63) is 33.8 Å². The van der Waals surface area contributed by atoms with Crippen molar-refractivity contribution >= 4 is 35.1 Å². The molecule has 0 saturated heterocycles. The van der Waals surface area contributed by atoms with E-state index in [9.17, 15) is 9.59 Å². The molecule has 0 bridgehead atoms. The van der Waals surface area contributed by atoms with Gasteiger partial charge in [0.1, 0.15) is 6.54 Å². The number of aliphatic carboxylic acids is 1. The van der Waals surface area contributed by atoms with Crippen molar-refractivity contribution in [2.45, 2.75) is 19.8 Å². The molecule has 1 unspecified atom stereocenters. The number of carboxylic acid groups (broad SMARTS) is 1. The lowest BCUT2D eigenvalue weighted by Gasteiger charge is -2.23. The third-order valence-corrected chi connectivity index (χ3v) is 3.57. The number of amides is 1. The molecule has 0 heterocycles. The Morgan fingerprint density at radius 2 is 1.95 bits per heavy atom. The van der Waals surface area contributed by atoms with Gasteiger partial charge in [0.05, 0.1) is 16.0 Å². The lowest BCUT2D eigenvalue weighted by molar-refractivity contribution is -0.144. The second-order valence-electron chi connectivity index (χ2n) is 4.14. The predicted molar refractivity (Wildman–Crippen MR) is 74.8 cm³/mol. The first-order chi connectivity index (χ1) is 8.86. The molecule has 0 fully saturated rings. The van der Waals surface area contributed by atoms with E-state index in [0.29, 0.717) is 22.2 Å². The molecule has 0 aliphatic heterocycles. The molecule has 1 rings (SSSR count). The van der Waals surface area contributed by atoms with Crippen LogP contribution in [0.3, 0.4) is 0 Å². The molecular formula is C13H15Cl2NO3. The Morgan fingerprint density at radius 3 is 2.42 bits per heavy atom. The van der Waals surface area contributed by atoms with E-state index < -0.39 is 11.9 Å². The molecule has 104 valence electrons. The van der Waals surface area contributed by atoms with Crippen molar-refractivity contribution in [1.29, 1.82) is 0 Å². The smallest absolute Gasteiger partial charge is 0.323 e. The molecule has 19 heavy (non-hydrogen) atoms. The summed E-state index contributed by atoms with van der Waals surface area (Å²) in [6.45, 7) is 3.49. The van der Waals surface area contributed by atoms with Gasteiger partial charge in [0.25, 0.3) is 0 Å². The van der Waals surface area contributed by atoms with Gasteiger partial charge in [-0.05, 0) is 31.5 Å². The zero-order chi connectivity index (χ0) is 14.6. The summed E-state index contributed by atoms with van der Waals surface area (Å²) in [6, 6.07) is 4.96. The fourth-order valence-corrected chi connectivity index (χ4v) is 2.01. The van der Waals surface area contributed by atoms with Gasteiger partial charge in [-0.2, -0.15) is 0 Å². The SMILES string of the molecule is CCN(CC(=O)O)C(=O)C(C)c1ccc(Cl)c(Cl)c1. The summed E-state index contributed by atoms with van der Waals surface area (Å²) in [5.74, 6) is -1.74. The number of halogens is 2. The molecule has 4 nitrogen and oxygen atoms in total. The number of rotatable bonds is 5. The van der Waals surface area contributed by atoms with Crippen LogP contribution < -0.4 is 0 Å². The second-order valence-corrected chi connectivity index (χ2v) is 4.96. The van der Waals surface area contributed by atoms with Gasteiger partial charge in [0, 0.05) is 6.54 Å². The van der Waals surface area contributed by atoms with E-state index in [-0.39, 0.29) is 12.5 Å². The van der Waals surface area contributed by atoms with Crippen LogP contribution in [0.1, 0.15) is 25.3 Å². The highest BCUT2D eigenvalue weighted by molar-refractivity contribution is 6.42. The van der Waals surface area contributed by atoms with Crippen LogP contribution in [0.25, 0.3) is 0 Å². The van der Waals surface area contributed by atoms with Gasteiger partial charge in [0.2, 0.25) is 5.91 Å². The van der Waals surface area contributed by atoms with Crippen LogP contribution in [-0.2, 0) is 9.59 Å². The fourth-order valence-electron chi connectivity index (χ4n) is 1.71. The minimum Gasteiger partial charge on any atom is -0.480 e. The maximum absolute atomic E-state index is 12.2. The number of hydrogen-bond donors (Lipinski definition) is 1. The molecule has 0 radical (unpaired) electrons. The average Bonchev–Trinajstić information content (AvgIpc) is 2.37. The summed E-state index contributed by atoms with van der Waals surface area (Å²) in [5.41, 5.74) is 0.711. The maximum atomic E-state index is 12.2. The number of nitrogens with zero attached hydrogens (tertiary/aromatic N) is 1. The molecule has 0 spiro atoms. The topological polar surface area (TPSA) is 57.6 Å². The van der Waals surface area contributed by atoms with Crippen molar-refractivity contribution in [2.24, 2.45) is 0 Å². The van der Waals surface area contributed by atoms with Crippen molar-refractivity contribution in [2.75, 3.05) is 13.1 Å². The minimum absolute atomic E-state index is 0.247. The first-order valence-electron chi connectivity index (χ1n) is 5.82. The number of carboxylic acids is 1. The van der Waals surface area contributed by atoms with Gasteiger partial charge in [-0.3, -0.25) is 9.59 Å². The number of likely N-dealkylation sites (N-methyl/N-ethyl adjacent to an activating group) is 1. The predicted octanol–water partition coefficient (Wildman–Crippen LogP) is 3.03. The van der Waals surface area contributed by atoms with Crippen molar-refractivity contribution in [3.8, 4) is 0 Å². The van der Waals surface area contributed by atoms with Gasteiger partial charge in [0.15, 0.2) is 0 Å². The van der Waals surface area contributed by atoms with Crippen molar-refractivity contribution in [1.82, 2.24) is 4.90 Å². The maximum Gasteiger partial charge on any atom is 0.323 e. The largest absolute Gasteiger partial charge is 0.480 e. The van der Waals surface area contributed by atoms with E-state index in [1.165, 1.54) is 4.90 Å². The Hall–Kier alpha value is -1.26. The molecule has 6 heteroatoms. The first kappa shape index (κ1) is 15.8. The lowest BCUT2D eigenvalue weighted by atomic mass is 9.99. The number of hydrogen-bond acceptors (Lipinski definition) is 2. The van der Waals surface area contributed by atoms with Gasteiger partial charge >= 0.3 is 5.97 Å². The number of benzene rings is 1. The zero-order valence-electron chi connectivity index (χ0n) is 10.7. The molecule has 0 aliphatic carbocycles. The Kier molecular flexibility index (Phi) is 5.63. The molecule has 0 aliphatic rings. The molecule has 1 aromatic carbocycles. The molecule has 1 atom stereocenters. The highest BCUT2D eigenvalue weighted by Gasteiger charge is 2.23. The molecule has 0 aromatic heterocycles. The Bertz CT molecular complexity index is 491. The van der Waals surface area contributed by atoms with E-state index in [4.69, 9.17) is 28.3 Å². The highest BCUT2D eigenvalue weighted by atomic mass is 35.5. The standard InChI is InChI=1S/C13H15Cl2NO3/c1-3-16(7-12(17)18)13(19)8(2)9-4-5-10(14)11(15)6-9/h4-6,8H,3,7H2,1-2H3,(H,17,18). The molecule has 1 N–H and O–H groups in total. The summed E-state index contributed by atoms with van der Waals surface area (Å²) < 4.78 is 0. The van der Waals surface area contributed by atoms with Crippen LogP contribution >= 0.6 is 23.2 Å². The Balaban J connectivity index is 2.91. The summed E-state index contributed by atoms with van der Waals surface area (Å²) in [5, 5.41) is 9.56. The molecular weight excluding hydrogens is 289 g/mol. The third kappa shape index (κ3) is 4.11. The van der Waals surface area contributed by atoms with Crippen LogP contribution in [0.4, 0.5) is 0 Å². The van der Waals surface area contributed by atoms with Crippen LogP contribution in [0.15, 0.2) is 18.2 Å². The number of carbonyl (C=O) groups is 2. The monoisotopic (exact) mass is 303 g/mol. The van der Waals surface area contributed by atoms with E-state index in [1.807, 2.05) is 0 Å². The van der Waals surface area contributed by atoms with Gasteiger partial charge in [-0.1, -0.05) is 29.3 Å². The lowest BCUT2D eigenvalue weighted by Crippen LogP contribution is -2.38.